The lowest BCUT2D eigenvalue weighted by atomic mass is 10.1. The molecule has 0 saturated heterocycles. The van der Waals surface area contributed by atoms with E-state index in [1.165, 1.54) is 169 Å². The molecule has 35 heavy (non-hydrogen) atoms. The highest BCUT2D eigenvalue weighted by atomic mass is 15.3. The maximum absolute atomic E-state index is 2.43. The van der Waals surface area contributed by atoms with Gasteiger partial charge in [-0.05, 0) is 107 Å². The molecule has 0 aliphatic heterocycles. The summed E-state index contributed by atoms with van der Waals surface area (Å²) < 4.78 is 4.01. The average molecular weight is 499 g/mol. The molecule has 0 saturated carbocycles. The van der Waals surface area contributed by atoms with E-state index in [1.807, 2.05) is 0 Å². The summed E-state index contributed by atoms with van der Waals surface area (Å²) in [5.41, 5.74) is 0. The van der Waals surface area contributed by atoms with Gasteiger partial charge < -0.3 is 13.4 Å². The standard InChI is InChI=1S/C32H72N3/c1-9-33(10-2,11-3)29-25-21-17-19-23-27-31-35(15-7,16-8)32-28-24-20-18-22-26-30-34(12-4,13-5)14-6/h9-32H2,1-8H3/q+3. The SMILES string of the molecule is CC[N+](CC)(CC)CCCCCCCC[N+](CC)(CC)CCCCCCCC[N+](CC)(CC)CC. The number of nitrogens with zero attached hydrogens (tertiary/aromatic N) is 3. The summed E-state index contributed by atoms with van der Waals surface area (Å²) in [7, 11) is 0. The van der Waals surface area contributed by atoms with Gasteiger partial charge in [-0.25, -0.2) is 0 Å². The maximum Gasteiger partial charge on any atom is 0.0786 e. The second-order valence-corrected chi connectivity index (χ2v) is 11.7. The Morgan fingerprint density at radius 1 is 0.229 bits per heavy atom. The minimum Gasteiger partial charge on any atom is -0.324 e. The first-order valence-electron chi connectivity index (χ1n) is 16.5. The Kier molecular flexibility index (Phi) is 20.8. The molecule has 212 valence electrons. The third kappa shape index (κ3) is 13.8. The first kappa shape index (κ1) is 34.9. The van der Waals surface area contributed by atoms with Gasteiger partial charge in [-0.3, -0.25) is 0 Å². The van der Waals surface area contributed by atoms with Crippen molar-refractivity contribution in [2.24, 2.45) is 0 Å². The van der Waals surface area contributed by atoms with Crippen LogP contribution in [-0.4, -0.2) is 92.0 Å². The molecule has 0 unspecified atom stereocenters. The molecule has 0 aromatic rings. The van der Waals surface area contributed by atoms with Gasteiger partial charge in [0.1, 0.15) is 0 Å². The van der Waals surface area contributed by atoms with Crippen molar-refractivity contribution in [3.05, 3.63) is 0 Å². The van der Waals surface area contributed by atoms with Crippen molar-refractivity contribution in [1.29, 1.82) is 0 Å². The molecule has 0 fully saturated rings. The fourth-order valence-electron chi connectivity index (χ4n) is 6.46. The third-order valence-electron chi connectivity index (χ3n) is 10.4. The van der Waals surface area contributed by atoms with Gasteiger partial charge in [-0.2, -0.15) is 0 Å². The largest absolute Gasteiger partial charge is 0.324 e. The third-order valence-corrected chi connectivity index (χ3v) is 10.4. The van der Waals surface area contributed by atoms with Crippen LogP contribution in [0, 0.1) is 0 Å². The number of rotatable bonds is 26. The van der Waals surface area contributed by atoms with Crippen molar-refractivity contribution >= 4 is 0 Å². The fourth-order valence-corrected chi connectivity index (χ4v) is 6.46. The van der Waals surface area contributed by atoms with E-state index in [-0.39, 0.29) is 0 Å². The Labute approximate surface area is 224 Å². The van der Waals surface area contributed by atoms with Gasteiger partial charge in [-0.15, -0.1) is 0 Å². The molecule has 0 spiro atoms. The molecule has 0 aromatic carbocycles. The first-order chi connectivity index (χ1) is 16.9. The Bertz CT molecular complexity index is 395. The number of hydrogen-bond donors (Lipinski definition) is 0. The lowest BCUT2D eigenvalue weighted by Crippen LogP contribution is -2.49. The van der Waals surface area contributed by atoms with Crippen LogP contribution >= 0.6 is 0 Å². The highest BCUT2D eigenvalue weighted by Crippen LogP contribution is 2.17. The fraction of sp³-hybridized carbons (Fsp3) is 1.00. The average Bonchev–Trinajstić information content (AvgIpc) is 2.91. The molecule has 0 N–H and O–H groups in total. The normalized spacial score (nSPS) is 13.0. The molecule has 0 aromatic heterocycles. The number of unbranched alkanes of at least 4 members (excludes halogenated alkanes) is 10. The van der Waals surface area contributed by atoms with Gasteiger partial charge in [0.15, 0.2) is 0 Å². The lowest BCUT2D eigenvalue weighted by Gasteiger charge is -2.37. The monoisotopic (exact) mass is 499 g/mol. The highest BCUT2D eigenvalue weighted by molar-refractivity contribution is 4.51. The lowest BCUT2D eigenvalue weighted by molar-refractivity contribution is -0.925. The predicted octanol–water partition coefficient (Wildman–Crippen LogP) is 8.28. The van der Waals surface area contributed by atoms with Crippen molar-refractivity contribution in [3.63, 3.8) is 0 Å². The highest BCUT2D eigenvalue weighted by Gasteiger charge is 2.22. The van der Waals surface area contributed by atoms with E-state index in [4.69, 9.17) is 0 Å². The van der Waals surface area contributed by atoms with Crippen LogP contribution in [0.3, 0.4) is 0 Å². The molecule has 0 aliphatic carbocycles. The van der Waals surface area contributed by atoms with E-state index >= 15 is 0 Å². The smallest absolute Gasteiger partial charge is 0.0786 e. The molecule has 0 rings (SSSR count). The van der Waals surface area contributed by atoms with Gasteiger partial charge in [0.2, 0.25) is 0 Å². The molecule has 0 atom stereocenters. The zero-order valence-corrected chi connectivity index (χ0v) is 26.3. The molecular weight excluding hydrogens is 426 g/mol. The van der Waals surface area contributed by atoms with Crippen LogP contribution in [0.5, 0.6) is 0 Å². The van der Waals surface area contributed by atoms with Gasteiger partial charge >= 0.3 is 0 Å². The summed E-state index contributed by atoms with van der Waals surface area (Å²) in [6.07, 6.45) is 17.3. The zero-order chi connectivity index (χ0) is 26.5. The minimum atomic E-state index is 1.30. The Hall–Kier alpha value is -0.120. The van der Waals surface area contributed by atoms with Gasteiger partial charge in [0, 0.05) is 0 Å². The minimum absolute atomic E-state index is 1.30. The van der Waals surface area contributed by atoms with E-state index in [1.54, 1.807) is 0 Å². The Morgan fingerprint density at radius 2 is 0.400 bits per heavy atom. The van der Waals surface area contributed by atoms with Crippen molar-refractivity contribution in [3.8, 4) is 0 Å². The summed E-state index contributed by atoms with van der Waals surface area (Å²) in [6, 6.07) is 0. The summed E-state index contributed by atoms with van der Waals surface area (Å²) in [6.45, 7) is 35.2. The quantitative estimate of drug-likeness (QED) is 0.0831. The topological polar surface area (TPSA) is 0 Å². The molecule has 3 nitrogen and oxygen atoms in total. The van der Waals surface area contributed by atoms with Crippen LogP contribution in [0.4, 0.5) is 0 Å². The van der Waals surface area contributed by atoms with Gasteiger partial charge in [-0.1, -0.05) is 25.7 Å². The van der Waals surface area contributed by atoms with Crippen LogP contribution < -0.4 is 0 Å². The van der Waals surface area contributed by atoms with E-state index in [2.05, 4.69) is 55.4 Å². The summed E-state index contributed by atoms with van der Waals surface area (Å²) in [5, 5.41) is 0. The van der Waals surface area contributed by atoms with Crippen LogP contribution in [-0.2, 0) is 0 Å². The number of hydrogen-bond acceptors (Lipinski definition) is 0. The Morgan fingerprint density at radius 3 is 0.600 bits per heavy atom. The first-order valence-corrected chi connectivity index (χ1v) is 16.5. The zero-order valence-electron chi connectivity index (χ0n) is 26.3. The number of quaternary nitrogens is 3. The van der Waals surface area contributed by atoms with Crippen molar-refractivity contribution in [2.75, 3.05) is 78.5 Å². The van der Waals surface area contributed by atoms with Gasteiger partial charge in [0.05, 0.1) is 78.5 Å². The maximum atomic E-state index is 2.43. The Balaban J connectivity index is 3.97. The van der Waals surface area contributed by atoms with Crippen molar-refractivity contribution in [2.45, 2.75) is 132 Å². The van der Waals surface area contributed by atoms with Crippen molar-refractivity contribution < 1.29 is 13.4 Å². The predicted molar refractivity (Wildman–Crippen MR) is 160 cm³/mol. The van der Waals surface area contributed by atoms with Crippen LogP contribution in [0.25, 0.3) is 0 Å². The second-order valence-electron chi connectivity index (χ2n) is 11.7. The molecule has 0 heterocycles. The molecule has 0 radical (unpaired) electrons. The van der Waals surface area contributed by atoms with Gasteiger partial charge in [0.25, 0.3) is 0 Å². The van der Waals surface area contributed by atoms with Crippen LogP contribution in [0.2, 0.25) is 0 Å². The summed E-state index contributed by atoms with van der Waals surface area (Å²) >= 11 is 0. The van der Waals surface area contributed by atoms with E-state index < -0.39 is 0 Å². The summed E-state index contributed by atoms with van der Waals surface area (Å²) in [4.78, 5) is 0. The van der Waals surface area contributed by atoms with Crippen LogP contribution in [0.15, 0.2) is 0 Å². The second kappa shape index (κ2) is 20.9. The van der Waals surface area contributed by atoms with E-state index in [0.29, 0.717) is 0 Å². The van der Waals surface area contributed by atoms with E-state index in [0.717, 1.165) is 0 Å². The molecular formula is C32H72N3+3. The molecule has 0 bridgehead atoms. The molecule has 0 aliphatic rings. The summed E-state index contributed by atoms with van der Waals surface area (Å²) in [5.74, 6) is 0. The molecule has 3 heteroatoms. The van der Waals surface area contributed by atoms with Crippen molar-refractivity contribution in [1.82, 2.24) is 0 Å². The van der Waals surface area contributed by atoms with Crippen LogP contribution in [0.1, 0.15) is 132 Å². The molecule has 0 amide bonds. The van der Waals surface area contributed by atoms with E-state index in [9.17, 15) is 0 Å².